The van der Waals surface area contributed by atoms with Crippen LogP contribution in [-0.4, -0.2) is 25.5 Å². The summed E-state index contributed by atoms with van der Waals surface area (Å²) in [4.78, 5) is 21.1. The Morgan fingerprint density at radius 2 is 2.06 bits per heavy atom. The van der Waals surface area contributed by atoms with Crippen molar-refractivity contribution in [2.75, 3.05) is 6.26 Å². The third-order valence-corrected chi connectivity index (χ3v) is 2.15. The molecule has 0 aliphatic rings. The van der Waals surface area contributed by atoms with Gasteiger partial charge >= 0.3 is 0 Å². The Hall–Kier alpha value is -1.96. The van der Waals surface area contributed by atoms with E-state index >= 15 is 0 Å². The molecule has 1 amide bonds. The molecule has 0 fully saturated rings. The molecule has 0 saturated heterocycles. The Morgan fingerprint density at radius 1 is 1.44 bits per heavy atom. The zero-order chi connectivity index (χ0) is 12.3. The zero-order valence-corrected chi connectivity index (χ0v) is 9.02. The molecule has 0 spiro atoms. The number of nitrogens with zero attached hydrogens (tertiary/aromatic N) is 1. The summed E-state index contributed by atoms with van der Waals surface area (Å²) in [7, 11) is -3.67. The number of hydrogen-bond donors (Lipinski definition) is 1. The van der Waals surface area contributed by atoms with E-state index in [-0.39, 0.29) is 11.3 Å². The maximum absolute atomic E-state index is 11.3. The van der Waals surface area contributed by atoms with Crippen LogP contribution in [0.15, 0.2) is 24.3 Å². The molecule has 1 aromatic rings. The summed E-state index contributed by atoms with van der Waals surface area (Å²) < 4.78 is 23.2. The maximum atomic E-state index is 11.3. The number of non-ortho nitro benzene ring substituents is 1. The van der Waals surface area contributed by atoms with Crippen molar-refractivity contribution in [1.82, 2.24) is 4.72 Å². The van der Waals surface area contributed by atoms with Gasteiger partial charge in [-0.3, -0.25) is 14.9 Å². The summed E-state index contributed by atoms with van der Waals surface area (Å²) in [5, 5.41) is 10.4. The van der Waals surface area contributed by atoms with Crippen molar-refractivity contribution in [3.63, 3.8) is 0 Å². The first-order valence-corrected chi connectivity index (χ1v) is 5.95. The number of nitrogens with one attached hydrogen (secondary N) is 1. The van der Waals surface area contributed by atoms with Crippen LogP contribution in [0.25, 0.3) is 0 Å². The Kier molecular flexibility index (Phi) is 3.23. The van der Waals surface area contributed by atoms with Gasteiger partial charge in [0.25, 0.3) is 11.6 Å². The van der Waals surface area contributed by atoms with Crippen molar-refractivity contribution in [2.45, 2.75) is 0 Å². The molecule has 7 nitrogen and oxygen atoms in total. The second-order valence-corrected chi connectivity index (χ2v) is 4.76. The Bertz CT molecular complexity index is 537. The molecule has 0 radical (unpaired) electrons. The van der Waals surface area contributed by atoms with Crippen LogP contribution in [0.1, 0.15) is 10.4 Å². The van der Waals surface area contributed by atoms with E-state index in [0.717, 1.165) is 12.3 Å². The molecule has 1 aromatic carbocycles. The molecule has 1 rings (SSSR count). The first-order valence-electron chi connectivity index (χ1n) is 4.06. The van der Waals surface area contributed by atoms with E-state index in [2.05, 4.69) is 0 Å². The van der Waals surface area contributed by atoms with Gasteiger partial charge in [0.1, 0.15) is 0 Å². The molecule has 0 heterocycles. The molecule has 16 heavy (non-hydrogen) atoms. The zero-order valence-electron chi connectivity index (χ0n) is 8.21. The molecule has 1 N–H and O–H groups in total. The summed E-state index contributed by atoms with van der Waals surface area (Å²) in [6.07, 6.45) is 0.822. The Labute approximate surface area is 91.3 Å². The number of benzene rings is 1. The van der Waals surface area contributed by atoms with Crippen molar-refractivity contribution in [3.8, 4) is 0 Å². The number of carbonyl (C=O) groups excluding carboxylic acids is 1. The number of rotatable bonds is 3. The highest BCUT2D eigenvalue weighted by Gasteiger charge is 2.14. The number of hydrogen-bond acceptors (Lipinski definition) is 5. The number of carbonyl (C=O) groups is 1. The molecule has 86 valence electrons. The van der Waals surface area contributed by atoms with Gasteiger partial charge in [0.15, 0.2) is 0 Å². The smallest absolute Gasteiger partial charge is 0.268 e. The highest BCUT2D eigenvalue weighted by molar-refractivity contribution is 7.89. The van der Waals surface area contributed by atoms with Crippen LogP contribution >= 0.6 is 0 Å². The van der Waals surface area contributed by atoms with Crippen LogP contribution in [0.2, 0.25) is 0 Å². The van der Waals surface area contributed by atoms with Crippen molar-refractivity contribution in [3.05, 3.63) is 39.9 Å². The minimum absolute atomic E-state index is 0.0837. The van der Waals surface area contributed by atoms with Gasteiger partial charge in [0.2, 0.25) is 10.0 Å². The normalized spacial score (nSPS) is 10.8. The molecule has 0 unspecified atom stereocenters. The summed E-state index contributed by atoms with van der Waals surface area (Å²) in [6.45, 7) is 0. The van der Waals surface area contributed by atoms with Gasteiger partial charge in [0.05, 0.1) is 11.2 Å². The van der Waals surface area contributed by atoms with Gasteiger partial charge in [0, 0.05) is 17.7 Å². The van der Waals surface area contributed by atoms with Gasteiger partial charge < -0.3 is 0 Å². The molecule has 0 atom stereocenters. The lowest BCUT2D eigenvalue weighted by atomic mass is 10.2. The molecule has 8 heteroatoms. The average molecular weight is 244 g/mol. The lowest BCUT2D eigenvalue weighted by Crippen LogP contribution is -2.29. The molecule has 0 aliphatic heterocycles. The second kappa shape index (κ2) is 4.27. The lowest BCUT2D eigenvalue weighted by Gasteiger charge is -2.01. The first-order chi connectivity index (χ1) is 7.29. The van der Waals surface area contributed by atoms with E-state index in [1.54, 1.807) is 4.72 Å². The first kappa shape index (κ1) is 12.1. The van der Waals surface area contributed by atoms with Crippen LogP contribution in [-0.2, 0) is 10.0 Å². The molecular weight excluding hydrogens is 236 g/mol. The Morgan fingerprint density at radius 3 is 2.56 bits per heavy atom. The Balaban J connectivity index is 3.01. The quantitative estimate of drug-likeness (QED) is 0.607. The minimum Gasteiger partial charge on any atom is -0.268 e. The fourth-order valence-electron chi connectivity index (χ4n) is 0.988. The highest BCUT2D eigenvalue weighted by Crippen LogP contribution is 2.12. The predicted molar refractivity (Wildman–Crippen MR) is 55.4 cm³/mol. The van der Waals surface area contributed by atoms with Gasteiger partial charge in [-0.1, -0.05) is 6.07 Å². The topological polar surface area (TPSA) is 106 Å². The third-order valence-electron chi connectivity index (χ3n) is 1.60. The number of sulfonamides is 1. The standard InChI is InChI=1S/C8H8N2O5S/c1-16(14,15)9-8(11)6-3-2-4-7(5-6)10(12)13/h2-5H,1H3,(H,9,11). The van der Waals surface area contributed by atoms with E-state index in [9.17, 15) is 23.3 Å². The lowest BCUT2D eigenvalue weighted by molar-refractivity contribution is -0.384. The number of amides is 1. The van der Waals surface area contributed by atoms with E-state index in [1.165, 1.54) is 18.2 Å². The maximum Gasteiger partial charge on any atom is 0.270 e. The summed E-state index contributed by atoms with van der Waals surface area (Å²) in [6, 6.07) is 4.79. The van der Waals surface area contributed by atoms with Crippen molar-refractivity contribution in [2.24, 2.45) is 0 Å². The number of nitro groups is 1. The highest BCUT2D eigenvalue weighted by atomic mass is 32.2. The summed E-state index contributed by atoms with van der Waals surface area (Å²) in [5.74, 6) is -0.897. The van der Waals surface area contributed by atoms with Crippen molar-refractivity contribution < 1.29 is 18.1 Å². The van der Waals surface area contributed by atoms with Gasteiger partial charge in [-0.25, -0.2) is 13.1 Å². The molecule has 0 aromatic heterocycles. The van der Waals surface area contributed by atoms with Crippen molar-refractivity contribution in [1.29, 1.82) is 0 Å². The van der Waals surface area contributed by atoms with Crippen LogP contribution in [0.5, 0.6) is 0 Å². The molecule has 0 bridgehead atoms. The average Bonchev–Trinajstić information content (AvgIpc) is 2.15. The fourth-order valence-corrected chi connectivity index (χ4v) is 1.44. The van der Waals surface area contributed by atoms with Crippen LogP contribution < -0.4 is 4.72 Å². The summed E-state index contributed by atoms with van der Waals surface area (Å²) >= 11 is 0. The second-order valence-electron chi connectivity index (χ2n) is 3.01. The minimum atomic E-state index is -3.67. The van der Waals surface area contributed by atoms with Crippen LogP contribution in [0.4, 0.5) is 5.69 Å². The predicted octanol–water partition coefficient (Wildman–Crippen LogP) is 0.284. The molecule has 0 saturated carbocycles. The van der Waals surface area contributed by atoms with E-state index in [0.29, 0.717) is 0 Å². The van der Waals surface area contributed by atoms with E-state index in [4.69, 9.17) is 0 Å². The molecule has 0 aliphatic carbocycles. The van der Waals surface area contributed by atoms with E-state index in [1.807, 2.05) is 0 Å². The number of nitro benzene ring substituents is 1. The SMILES string of the molecule is CS(=O)(=O)NC(=O)c1cccc([N+](=O)[O-])c1. The van der Waals surface area contributed by atoms with Gasteiger partial charge in [-0.05, 0) is 6.07 Å². The fraction of sp³-hybridized carbons (Fsp3) is 0.125. The van der Waals surface area contributed by atoms with Crippen LogP contribution in [0.3, 0.4) is 0 Å². The van der Waals surface area contributed by atoms with Crippen LogP contribution in [0, 0.1) is 10.1 Å². The summed E-state index contributed by atoms with van der Waals surface area (Å²) in [5.41, 5.74) is -0.360. The van der Waals surface area contributed by atoms with Crippen molar-refractivity contribution >= 4 is 21.6 Å². The monoisotopic (exact) mass is 244 g/mol. The molecular formula is C8H8N2O5S. The van der Waals surface area contributed by atoms with Gasteiger partial charge in [-0.15, -0.1) is 0 Å². The largest absolute Gasteiger partial charge is 0.270 e. The van der Waals surface area contributed by atoms with E-state index < -0.39 is 20.9 Å². The van der Waals surface area contributed by atoms with Gasteiger partial charge in [-0.2, -0.15) is 0 Å². The third kappa shape index (κ3) is 3.31.